The Hall–Kier alpha value is -1.74. The van der Waals surface area contributed by atoms with Crippen LogP contribution in [-0.4, -0.2) is 9.55 Å². The number of rotatable bonds is 3. The van der Waals surface area contributed by atoms with Crippen LogP contribution in [0.15, 0.2) is 53.7 Å². The first-order chi connectivity index (χ1) is 10.3. The molecule has 1 aliphatic carbocycles. The van der Waals surface area contributed by atoms with E-state index in [1.807, 2.05) is 18.2 Å². The van der Waals surface area contributed by atoms with Gasteiger partial charge in [0.2, 0.25) is 0 Å². The first-order valence-electron chi connectivity index (χ1n) is 7.50. The maximum Gasteiger partial charge on any atom is 0.165 e. The monoisotopic (exact) mass is 296 g/mol. The molecule has 2 aromatic carbocycles. The number of aryl methyl sites for hydroxylation is 1. The van der Waals surface area contributed by atoms with E-state index in [0.717, 1.165) is 17.2 Å². The Bertz CT molecular complexity index is 725. The van der Waals surface area contributed by atoms with Crippen molar-refractivity contribution in [1.82, 2.24) is 9.55 Å². The molecule has 0 radical (unpaired) electrons. The Morgan fingerprint density at radius 3 is 2.38 bits per heavy atom. The van der Waals surface area contributed by atoms with Crippen LogP contribution < -0.4 is 0 Å². The van der Waals surface area contributed by atoms with Crippen molar-refractivity contribution in [2.24, 2.45) is 0 Å². The van der Waals surface area contributed by atoms with Crippen LogP contribution in [0.25, 0.3) is 11.0 Å². The van der Waals surface area contributed by atoms with E-state index in [1.54, 1.807) is 0 Å². The van der Waals surface area contributed by atoms with Gasteiger partial charge in [-0.2, -0.15) is 0 Å². The summed E-state index contributed by atoms with van der Waals surface area (Å²) in [5.74, 6) is 0. The van der Waals surface area contributed by atoms with Crippen LogP contribution in [0.4, 0.5) is 0 Å². The van der Waals surface area contributed by atoms with E-state index in [1.165, 1.54) is 35.9 Å². The van der Waals surface area contributed by atoms with Crippen molar-refractivity contribution in [3.05, 3.63) is 59.7 Å². The van der Waals surface area contributed by atoms with Crippen LogP contribution in [0.2, 0.25) is 0 Å². The predicted octanol–water partition coefficient (Wildman–Crippen LogP) is 4.72. The maximum absolute atomic E-state index is 4.39. The van der Waals surface area contributed by atoms with E-state index in [2.05, 4.69) is 59.4 Å². The summed E-state index contributed by atoms with van der Waals surface area (Å²) in [5, 5.41) is 0.819. The largest absolute Gasteiger partial charge is 0.319 e. The van der Waals surface area contributed by atoms with Crippen LogP contribution >= 0.6 is 12.6 Å². The van der Waals surface area contributed by atoms with Crippen LogP contribution in [0, 0.1) is 0 Å². The summed E-state index contributed by atoms with van der Waals surface area (Å²) in [4.78, 5) is 4.39. The van der Waals surface area contributed by atoms with Gasteiger partial charge in [-0.3, -0.25) is 0 Å². The van der Waals surface area contributed by atoms with Crippen molar-refractivity contribution in [2.45, 2.75) is 37.9 Å². The molecule has 0 atom stereocenters. The van der Waals surface area contributed by atoms with E-state index in [0.29, 0.717) is 0 Å². The Morgan fingerprint density at radius 1 is 1.05 bits per heavy atom. The van der Waals surface area contributed by atoms with E-state index < -0.39 is 0 Å². The Labute approximate surface area is 131 Å². The lowest BCUT2D eigenvalue weighted by Gasteiger charge is -2.03. The number of fused-ring (bicyclic) bond motifs is 2. The van der Waals surface area contributed by atoms with Crippen molar-refractivity contribution in [3.8, 4) is 0 Å². The van der Waals surface area contributed by atoms with Crippen molar-refractivity contribution in [1.29, 1.82) is 0 Å². The smallest absolute Gasteiger partial charge is 0.165 e. The molecule has 0 unspecified atom stereocenters. The molecule has 1 aromatic heterocycles. The minimum Gasteiger partial charge on any atom is -0.319 e. The third-order valence-electron chi connectivity index (χ3n) is 3.74. The van der Waals surface area contributed by atoms with Gasteiger partial charge in [-0.15, -0.1) is 12.6 Å². The standard InChI is InChI=1S/C11H14N2S.C7H6/c1-2-3-8-13-10-7-5-4-6-9(10)12-11(13)14;1-2-4-7-5-6(7)3-1/h4-7H,2-3,8H2,1H3,(H,12,14);1-4H,5H2. The molecule has 4 rings (SSSR count). The minimum absolute atomic E-state index is 0.819. The van der Waals surface area contributed by atoms with E-state index in [9.17, 15) is 0 Å². The molecule has 0 aliphatic heterocycles. The van der Waals surface area contributed by atoms with Gasteiger partial charge in [-0.05, 0) is 36.1 Å². The van der Waals surface area contributed by atoms with Gasteiger partial charge in [-0.1, -0.05) is 49.7 Å². The van der Waals surface area contributed by atoms with Gasteiger partial charge in [0.15, 0.2) is 5.16 Å². The lowest BCUT2D eigenvalue weighted by molar-refractivity contribution is 0.603. The van der Waals surface area contributed by atoms with Gasteiger partial charge in [0.05, 0.1) is 11.0 Å². The second kappa shape index (κ2) is 6.35. The number of nitrogens with zero attached hydrogens (tertiary/aromatic N) is 2. The van der Waals surface area contributed by atoms with Gasteiger partial charge in [0.1, 0.15) is 0 Å². The molecule has 1 aliphatic rings. The van der Waals surface area contributed by atoms with Gasteiger partial charge < -0.3 is 4.57 Å². The molecule has 21 heavy (non-hydrogen) atoms. The van der Waals surface area contributed by atoms with Gasteiger partial charge in [-0.25, -0.2) is 4.98 Å². The highest BCUT2D eigenvalue weighted by Gasteiger charge is 2.12. The summed E-state index contributed by atoms with van der Waals surface area (Å²) in [5.41, 5.74) is 5.28. The van der Waals surface area contributed by atoms with Gasteiger partial charge in [0, 0.05) is 6.54 Å². The molecule has 0 bridgehead atoms. The van der Waals surface area contributed by atoms with E-state index >= 15 is 0 Å². The highest BCUT2D eigenvalue weighted by molar-refractivity contribution is 7.80. The fourth-order valence-corrected chi connectivity index (χ4v) is 2.75. The molecular weight excluding hydrogens is 276 g/mol. The number of para-hydroxylation sites is 2. The average Bonchev–Trinajstić information content (AvgIpc) is 3.23. The van der Waals surface area contributed by atoms with Gasteiger partial charge in [0.25, 0.3) is 0 Å². The Kier molecular flexibility index (Phi) is 4.30. The number of hydrogen-bond donors (Lipinski definition) is 1. The molecule has 108 valence electrons. The molecule has 0 amide bonds. The third kappa shape index (κ3) is 3.30. The number of benzene rings is 2. The quantitative estimate of drug-likeness (QED) is 0.542. The summed E-state index contributed by atoms with van der Waals surface area (Å²) in [6.45, 7) is 3.20. The molecule has 3 heteroatoms. The Morgan fingerprint density at radius 2 is 1.71 bits per heavy atom. The van der Waals surface area contributed by atoms with Crippen molar-refractivity contribution >= 4 is 23.7 Å². The summed E-state index contributed by atoms with van der Waals surface area (Å²) in [6, 6.07) is 16.7. The number of imidazole rings is 1. The molecule has 0 saturated heterocycles. The zero-order valence-corrected chi connectivity index (χ0v) is 13.2. The van der Waals surface area contributed by atoms with Crippen molar-refractivity contribution < 1.29 is 0 Å². The molecule has 1 heterocycles. The SMILES string of the molecule is CCCCn1c(S)nc2ccccc21.c1ccc2c(c1)C2. The summed E-state index contributed by atoms with van der Waals surface area (Å²) >= 11 is 4.38. The summed E-state index contributed by atoms with van der Waals surface area (Å²) in [7, 11) is 0. The topological polar surface area (TPSA) is 17.8 Å². The fourth-order valence-electron chi connectivity index (χ4n) is 2.44. The van der Waals surface area contributed by atoms with Crippen molar-refractivity contribution in [3.63, 3.8) is 0 Å². The van der Waals surface area contributed by atoms with E-state index in [-0.39, 0.29) is 0 Å². The summed E-state index contributed by atoms with van der Waals surface area (Å²) in [6.07, 6.45) is 3.61. The zero-order chi connectivity index (χ0) is 14.7. The van der Waals surface area contributed by atoms with Crippen LogP contribution in [0.1, 0.15) is 30.9 Å². The van der Waals surface area contributed by atoms with Crippen molar-refractivity contribution in [2.75, 3.05) is 0 Å². The van der Waals surface area contributed by atoms with Crippen LogP contribution in [0.3, 0.4) is 0 Å². The lowest BCUT2D eigenvalue weighted by Crippen LogP contribution is -1.97. The minimum atomic E-state index is 0.819. The van der Waals surface area contributed by atoms with Gasteiger partial charge >= 0.3 is 0 Å². The average molecular weight is 296 g/mol. The first-order valence-corrected chi connectivity index (χ1v) is 7.95. The zero-order valence-electron chi connectivity index (χ0n) is 12.3. The van der Waals surface area contributed by atoms with E-state index in [4.69, 9.17) is 0 Å². The molecule has 0 spiro atoms. The molecule has 2 nitrogen and oxygen atoms in total. The molecule has 0 fully saturated rings. The number of aromatic nitrogens is 2. The van der Waals surface area contributed by atoms with Crippen LogP contribution in [-0.2, 0) is 13.0 Å². The number of unbranched alkanes of at least 4 members (excludes halogenated alkanes) is 1. The summed E-state index contributed by atoms with van der Waals surface area (Å²) < 4.78 is 2.17. The normalized spacial score (nSPS) is 11.7. The third-order valence-corrected chi connectivity index (χ3v) is 4.09. The lowest BCUT2D eigenvalue weighted by atomic mass is 10.3. The predicted molar refractivity (Wildman–Crippen MR) is 91.1 cm³/mol. The molecule has 0 N–H and O–H groups in total. The number of hydrogen-bond acceptors (Lipinski definition) is 2. The second-order valence-corrected chi connectivity index (χ2v) is 5.75. The van der Waals surface area contributed by atoms with Crippen LogP contribution in [0.5, 0.6) is 0 Å². The molecule has 0 saturated carbocycles. The highest BCUT2D eigenvalue weighted by atomic mass is 32.1. The fraction of sp³-hybridized carbons (Fsp3) is 0.278. The highest BCUT2D eigenvalue weighted by Crippen LogP contribution is 2.25. The molecular formula is C18H20N2S. The Balaban J connectivity index is 0.000000156. The first kappa shape index (κ1) is 14.2. The number of thiol groups is 1. The second-order valence-electron chi connectivity index (χ2n) is 5.35. The molecule has 3 aromatic rings. The maximum atomic E-state index is 4.39.